The summed E-state index contributed by atoms with van der Waals surface area (Å²) in [4.78, 5) is 12.9. The van der Waals surface area contributed by atoms with Crippen LogP contribution in [-0.2, 0) is 0 Å². The Labute approximate surface area is 130 Å². The van der Waals surface area contributed by atoms with Gasteiger partial charge in [0.25, 0.3) is 0 Å². The molecule has 3 aromatic carbocycles. The number of phenolic OH excluding ortho intramolecular Hbond substituents is 2. The van der Waals surface area contributed by atoms with E-state index in [-0.39, 0.29) is 27.9 Å². The third kappa shape index (κ3) is 1.90. The van der Waals surface area contributed by atoms with Crippen molar-refractivity contribution in [2.75, 3.05) is 7.11 Å². The maximum absolute atomic E-state index is 12.9. The van der Waals surface area contributed by atoms with Crippen LogP contribution in [0.2, 0.25) is 0 Å². The second kappa shape index (κ2) is 4.64. The Morgan fingerprint density at radius 3 is 2.52 bits per heavy atom. The molecule has 1 heterocycles. The summed E-state index contributed by atoms with van der Waals surface area (Å²) in [7, 11) is 1.55. The molecule has 0 radical (unpaired) electrons. The van der Waals surface area contributed by atoms with Gasteiger partial charge in [-0.3, -0.25) is 4.79 Å². The van der Waals surface area contributed by atoms with Crippen molar-refractivity contribution in [3.63, 3.8) is 0 Å². The van der Waals surface area contributed by atoms with Crippen LogP contribution in [0, 0.1) is 0 Å². The summed E-state index contributed by atoms with van der Waals surface area (Å²) < 4.78 is 10.9. The predicted molar refractivity (Wildman–Crippen MR) is 87.4 cm³/mol. The lowest BCUT2D eigenvalue weighted by atomic mass is 10.0. The standard InChI is InChI=1S/C18H12O5/c1-22-11-4-2-9-3-5-14-16(12(9)8-11)18(21)17-13(20)6-10(19)7-15(17)23-14/h2-8,19-20H,1H3. The number of aromatic hydroxyl groups is 2. The van der Waals surface area contributed by atoms with E-state index in [1.807, 2.05) is 18.2 Å². The van der Waals surface area contributed by atoms with Crippen LogP contribution in [0.15, 0.2) is 51.7 Å². The zero-order valence-corrected chi connectivity index (χ0v) is 12.2. The molecule has 0 amide bonds. The molecule has 5 heteroatoms. The Balaban J connectivity index is 2.28. The third-order valence-corrected chi connectivity index (χ3v) is 3.93. The summed E-state index contributed by atoms with van der Waals surface area (Å²) in [6.45, 7) is 0. The van der Waals surface area contributed by atoms with E-state index in [2.05, 4.69) is 0 Å². The van der Waals surface area contributed by atoms with Crippen molar-refractivity contribution in [3.05, 3.63) is 52.7 Å². The number of hydrogen-bond acceptors (Lipinski definition) is 5. The fourth-order valence-corrected chi connectivity index (χ4v) is 2.86. The van der Waals surface area contributed by atoms with Gasteiger partial charge >= 0.3 is 0 Å². The van der Waals surface area contributed by atoms with Gasteiger partial charge in [-0.15, -0.1) is 0 Å². The molecule has 5 nitrogen and oxygen atoms in total. The molecule has 0 bridgehead atoms. The van der Waals surface area contributed by atoms with E-state index in [0.29, 0.717) is 22.1 Å². The average molecular weight is 308 g/mol. The van der Waals surface area contributed by atoms with Crippen LogP contribution in [0.4, 0.5) is 0 Å². The first kappa shape index (κ1) is 13.5. The van der Waals surface area contributed by atoms with Gasteiger partial charge in [0.15, 0.2) is 0 Å². The van der Waals surface area contributed by atoms with E-state index in [1.54, 1.807) is 19.2 Å². The molecule has 0 spiro atoms. The van der Waals surface area contributed by atoms with Crippen molar-refractivity contribution in [2.45, 2.75) is 0 Å². The molecule has 0 saturated heterocycles. The number of ether oxygens (including phenoxy) is 1. The molecule has 23 heavy (non-hydrogen) atoms. The number of phenols is 2. The lowest BCUT2D eigenvalue weighted by molar-refractivity contribution is 0.415. The second-order valence-corrected chi connectivity index (χ2v) is 5.29. The van der Waals surface area contributed by atoms with E-state index in [0.717, 1.165) is 11.5 Å². The normalized spacial score (nSPS) is 11.3. The Kier molecular flexibility index (Phi) is 2.72. The van der Waals surface area contributed by atoms with Crippen molar-refractivity contribution < 1.29 is 19.4 Å². The fourth-order valence-electron chi connectivity index (χ4n) is 2.86. The first-order valence-corrected chi connectivity index (χ1v) is 6.98. The van der Waals surface area contributed by atoms with Gasteiger partial charge in [0, 0.05) is 17.5 Å². The van der Waals surface area contributed by atoms with Crippen molar-refractivity contribution >= 4 is 32.7 Å². The summed E-state index contributed by atoms with van der Waals surface area (Å²) in [6, 6.07) is 11.4. The molecule has 0 saturated carbocycles. The number of fused-ring (bicyclic) bond motifs is 4. The number of benzene rings is 3. The van der Waals surface area contributed by atoms with Crippen LogP contribution < -0.4 is 10.2 Å². The second-order valence-electron chi connectivity index (χ2n) is 5.29. The van der Waals surface area contributed by atoms with E-state index < -0.39 is 0 Å². The molecule has 1 aromatic heterocycles. The highest BCUT2D eigenvalue weighted by Crippen LogP contribution is 2.33. The van der Waals surface area contributed by atoms with Crippen LogP contribution in [0.1, 0.15) is 0 Å². The van der Waals surface area contributed by atoms with Gasteiger partial charge in [0.2, 0.25) is 5.43 Å². The maximum Gasteiger partial charge on any atom is 0.204 e. The van der Waals surface area contributed by atoms with Crippen LogP contribution in [0.3, 0.4) is 0 Å². The minimum atomic E-state index is -0.349. The lowest BCUT2D eigenvalue weighted by Gasteiger charge is -2.08. The van der Waals surface area contributed by atoms with Gasteiger partial charge in [-0.1, -0.05) is 12.1 Å². The molecular weight excluding hydrogens is 296 g/mol. The Bertz CT molecular complexity index is 1140. The van der Waals surface area contributed by atoms with Crippen molar-refractivity contribution in [1.29, 1.82) is 0 Å². The molecule has 0 aliphatic rings. The minimum absolute atomic E-state index is 0.0469. The highest BCUT2D eigenvalue weighted by Gasteiger charge is 2.15. The summed E-state index contributed by atoms with van der Waals surface area (Å²) in [6.07, 6.45) is 0. The van der Waals surface area contributed by atoms with E-state index >= 15 is 0 Å². The SMILES string of the molecule is COc1ccc2ccc3oc4cc(O)cc(O)c4c(=O)c3c2c1. The van der Waals surface area contributed by atoms with Gasteiger partial charge in [0.05, 0.1) is 12.5 Å². The zero-order valence-electron chi connectivity index (χ0n) is 12.2. The van der Waals surface area contributed by atoms with Crippen molar-refractivity contribution in [2.24, 2.45) is 0 Å². The van der Waals surface area contributed by atoms with E-state index in [1.165, 1.54) is 6.07 Å². The van der Waals surface area contributed by atoms with E-state index in [9.17, 15) is 15.0 Å². The first-order valence-electron chi connectivity index (χ1n) is 6.98. The largest absolute Gasteiger partial charge is 0.508 e. The molecule has 0 aliphatic heterocycles. The Morgan fingerprint density at radius 1 is 0.957 bits per heavy atom. The first-order chi connectivity index (χ1) is 11.1. The average Bonchev–Trinajstić information content (AvgIpc) is 2.53. The quantitative estimate of drug-likeness (QED) is 0.415. The maximum atomic E-state index is 12.9. The summed E-state index contributed by atoms with van der Waals surface area (Å²) in [5.41, 5.74) is 0.174. The summed E-state index contributed by atoms with van der Waals surface area (Å²) >= 11 is 0. The van der Waals surface area contributed by atoms with Gasteiger partial charge in [-0.05, 0) is 23.6 Å². The van der Waals surface area contributed by atoms with Crippen molar-refractivity contribution in [1.82, 2.24) is 0 Å². The van der Waals surface area contributed by atoms with Gasteiger partial charge < -0.3 is 19.4 Å². The molecule has 0 unspecified atom stereocenters. The van der Waals surface area contributed by atoms with Gasteiger partial charge in [0.1, 0.15) is 33.8 Å². The van der Waals surface area contributed by atoms with Crippen LogP contribution in [-0.4, -0.2) is 17.3 Å². The molecule has 0 aliphatic carbocycles. The molecule has 114 valence electrons. The highest BCUT2D eigenvalue weighted by atomic mass is 16.5. The Hall–Kier alpha value is -3.21. The molecule has 0 fully saturated rings. The molecule has 2 N–H and O–H groups in total. The highest BCUT2D eigenvalue weighted by molar-refractivity contribution is 6.09. The zero-order chi connectivity index (χ0) is 16.1. The van der Waals surface area contributed by atoms with Crippen LogP contribution in [0.5, 0.6) is 17.2 Å². The van der Waals surface area contributed by atoms with Gasteiger partial charge in [-0.25, -0.2) is 0 Å². The smallest absolute Gasteiger partial charge is 0.204 e. The fraction of sp³-hybridized carbons (Fsp3) is 0.0556. The Morgan fingerprint density at radius 2 is 1.74 bits per heavy atom. The predicted octanol–water partition coefficient (Wildman–Crippen LogP) is 3.52. The van der Waals surface area contributed by atoms with Crippen molar-refractivity contribution in [3.8, 4) is 17.2 Å². The minimum Gasteiger partial charge on any atom is -0.508 e. The topological polar surface area (TPSA) is 79.9 Å². The van der Waals surface area contributed by atoms with Gasteiger partial charge in [-0.2, -0.15) is 0 Å². The van der Waals surface area contributed by atoms with Crippen LogP contribution >= 0.6 is 0 Å². The molecule has 0 atom stereocenters. The van der Waals surface area contributed by atoms with Crippen LogP contribution in [0.25, 0.3) is 32.7 Å². The monoisotopic (exact) mass is 308 g/mol. The third-order valence-electron chi connectivity index (χ3n) is 3.93. The molecule has 4 aromatic rings. The molecular formula is C18H12O5. The van der Waals surface area contributed by atoms with E-state index in [4.69, 9.17) is 9.15 Å². The summed E-state index contributed by atoms with van der Waals surface area (Å²) in [5.74, 6) is 0.148. The number of methoxy groups -OCH3 is 1. The number of rotatable bonds is 1. The molecule has 4 rings (SSSR count). The summed E-state index contributed by atoms with van der Waals surface area (Å²) in [5, 5.41) is 21.6. The number of hydrogen-bond donors (Lipinski definition) is 2. The lowest BCUT2D eigenvalue weighted by Crippen LogP contribution is -2.03.